The number of benzene rings is 1. The first kappa shape index (κ1) is 12.9. The van der Waals surface area contributed by atoms with Gasteiger partial charge in [-0.05, 0) is 37.0 Å². The molecule has 2 N–H and O–H groups in total. The Bertz CT molecular complexity index is 471. The third-order valence-electron chi connectivity index (χ3n) is 3.78. The van der Waals surface area contributed by atoms with E-state index in [4.69, 9.17) is 10.5 Å². The Hall–Kier alpha value is -1.55. The Labute approximate surface area is 108 Å². The second-order valence-electron chi connectivity index (χ2n) is 4.85. The molecule has 98 valence electrons. The monoisotopic (exact) mass is 248 g/mol. The number of methoxy groups -OCH3 is 1. The summed E-state index contributed by atoms with van der Waals surface area (Å²) in [5, 5.41) is 0. The van der Waals surface area contributed by atoms with Crippen LogP contribution in [-0.2, 0) is 22.5 Å². The summed E-state index contributed by atoms with van der Waals surface area (Å²) in [6.07, 6.45) is 0.893. The van der Waals surface area contributed by atoms with Crippen molar-refractivity contribution in [3.63, 3.8) is 0 Å². The van der Waals surface area contributed by atoms with Crippen LogP contribution in [0, 0.1) is 6.92 Å². The van der Waals surface area contributed by atoms with Gasteiger partial charge in [0.1, 0.15) is 6.04 Å². The number of nitrogen functional groups attached to an aromatic ring is 1. The first-order valence-electron chi connectivity index (χ1n) is 6.23. The van der Waals surface area contributed by atoms with Gasteiger partial charge in [-0.3, -0.25) is 9.69 Å². The predicted octanol–water partition coefficient (Wildman–Crippen LogP) is 1.50. The molecule has 0 fully saturated rings. The number of esters is 1. The Balaban J connectivity index is 2.21. The smallest absolute Gasteiger partial charge is 0.322 e. The van der Waals surface area contributed by atoms with Crippen LogP contribution in [0.3, 0.4) is 0 Å². The fourth-order valence-electron chi connectivity index (χ4n) is 2.47. The molecule has 0 aromatic heterocycles. The SMILES string of the molecule is COC(=O)C(C)N1CCc2c(ccc(C)c2N)C1. The maximum atomic E-state index is 11.6. The van der Waals surface area contributed by atoms with Crippen molar-refractivity contribution in [3.8, 4) is 0 Å². The third kappa shape index (κ3) is 2.20. The van der Waals surface area contributed by atoms with Crippen molar-refractivity contribution in [2.75, 3.05) is 19.4 Å². The van der Waals surface area contributed by atoms with Gasteiger partial charge >= 0.3 is 5.97 Å². The molecule has 1 unspecified atom stereocenters. The molecule has 0 saturated carbocycles. The van der Waals surface area contributed by atoms with Gasteiger partial charge in [0.05, 0.1) is 7.11 Å². The zero-order valence-electron chi connectivity index (χ0n) is 11.2. The number of carbonyl (C=O) groups excluding carboxylic acids is 1. The van der Waals surface area contributed by atoms with Gasteiger partial charge in [0.15, 0.2) is 0 Å². The number of hydrogen-bond donors (Lipinski definition) is 1. The molecule has 0 amide bonds. The highest BCUT2D eigenvalue weighted by Crippen LogP contribution is 2.27. The van der Waals surface area contributed by atoms with E-state index in [2.05, 4.69) is 11.0 Å². The zero-order chi connectivity index (χ0) is 13.3. The lowest BCUT2D eigenvalue weighted by molar-refractivity contribution is -0.146. The van der Waals surface area contributed by atoms with Gasteiger partial charge in [-0.25, -0.2) is 0 Å². The van der Waals surface area contributed by atoms with Crippen LogP contribution in [0.4, 0.5) is 5.69 Å². The summed E-state index contributed by atoms with van der Waals surface area (Å²) in [6.45, 7) is 5.51. The molecule has 0 bridgehead atoms. The Morgan fingerprint density at radius 2 is 2.22 bits per heavy atom. The molecule has 4 heteroatoms. The molecular formula is C14H20N2O2. The molecule has 18 heavy (non-hydrogen) atoms. The summed E-state index contributed by atoms with van der Waals surface area (Å²) in [6, 6.07) is 3.95. The van der Waals surface area contributed by atoms with Crippen LogP contribution in [0.2, 0.25) is 0 Å². The van der Waals surface area contributed by atoms with Gasteiger partial charge in [-0.1, -0.05) is 12.1 Å². The molecular weight excluding hydrogens is 228 g/mol. The van der Waals surface area contributed by atoms with Gasteiger partial charge < -0.3 is 10.5 Å². The van der Waals surface area contributed by atoms with Gasteiger partial charge in [-0.15, -0.1) is 0 Å². The van der Waals surface area contributed by atoms with Crippen molar-refractivity contribution in [1.82, 2.24) is 4.90 Å². The average Bonchev–Trinajstić information content (AvgIpc) is 2.41. The normalized spacial score (nSPS) is 17.1. The highest BCUT2D eigenvalue weighted by molar-refractivity contribution is 5.75. The number of rotatable bonds is 2. The van der Waals surface area contributed by atoms with Crippen LogP contribution in [-0.4, -0.2) is 30.6 Å². The van der Waals surface area contributed by atoms with Crippen LogP contribution in [0.5, 0.6) is 0 Å². The fourth-order valence-corrected chi connectivity index (χ4v) is 2.47. The van der Waals surface area contributed by atoms with E-state index < -0.39 is 0 Å². The van der Waals surface area contributed by atoms with E-state index in [1.54, 1.807) is 0 Å². The predicted molar refractivity (Wildman–Crippen MR) is 71.2 cm³/mol. The Morgan fingerprint density at radius 1 is 1.50 bits per heavy atom. The maximum Gasteiger partial charge on any atom is 0.322 e. The molecule has 0 saturated heterocycles. The van der Waals surface area contributed by atoms with Crippen LogP contribution >= 0.6 is 0 Å². The number of hydrogen-bond acceptors (Lipinski definition) is 4. The lowest BCUT2D eigenvalue weighted by Gasteiger charge is -2.33. The number of carbonyl (C=O) groups is 1. The lowest BCUT2D eigenvalue weighted by atomic mass is 9.94. The highest BCUT2D eigenvalue weighted by atomic mass is 16.5. The van der Waals surface area contributed by atoms with Crippen molar-refractivity contribution in [1.29, 1.82) is 0 Å². The van der Waals surface area contributed by atoms with Crippen molar-refractivity contribution in [2.45, 2.75) is 32.9 Å². The standard InChI is InChI=1S/C14H20N2O2/c1-9-4-5-11-8-16(10(2)14(17)18-3)7-6-12(11)13(9)15/h4-5,10H,6-8,15H2,1-3H3. The van der Waals surface area contributed by atoms with Gasteiger partial charge in [0.2, 0.25) is 0 Å². The largest absolute Gasteiger partial charge is 0.468 e. The van der Waals surface area contributed by atoms with E-state index in [1.807, 2.05) is 19.9 Å². The number of fused-ring (bicyclic) bond motifs is 1. The summed E-state index contributed by atoms with van der Waals surface area (Å²) in [7, 11) is 1.43. The van der Waals surface area contributed by atoms with E-state index in [9.17, 15) is 4.79 Å². The molecule has 1 aliphatic rings. The van der Waals surface area contributed by atoms with Crippen molar-refractivity contribution in [3.05, 3.63) is 28.8 Å². The third-order valence-corrected chi connectivity index (χ3v) is 3.78. The number of ether oxygens (including phenoxy) is 1. The van der Waals surface area contributed by atoms with Gasteiger partial charge in [0.25, 0.3) is 0 Å². The summed E-state index contributed by atoms with van der Waals surface area (Å²) in [4.78, 5) is 13.7. The number of aryl methyl sites for hydroxylation is 1. The van der Waals surface area contributed by atoms with Crippen LogP contribution in [0.25, 0.3) is 0 Å². The summed E-state index contributed by atoms with van der Waals surface area (Å²) >= 11 is 0. The molecule has 2 rings (SSSR count). The van der Waals surface area contributed by atoms with E-state index in [0.29, 0.717) is 0 Å². The summed E-state index contributed by atoms with van der Waals surface area (Å²) in [5.74, 6) is -0.182. The molecule has 1 atom stereocenters. The molecule has 1 heterocycles. The topological polar surface area (TPSA) is 55.6 Å². The van der Waals surface area contributed by atoms with Crippen molar-refractivity contribution in [2.24, 2.45) is 0 Å². The van der Waals surface area contributed by atoms with Crippen molar-refractivity contribution < 1.29 is 9.53 Å². The zero-order valence-corrected chi connectivity index (χ0v) is 11.2. The molecule has 1 aliphatic heterocycles. The molecule has 0 aliphatic carbocycles. The van der Waals surface area contributed by atoms with E-state index in [0.717, 1.165) is 30.8 Å². The Kier molecular flexibility index (Phi) is 3.57. The minimum atomic E-state index is -0.203. The number of nitrogens with two attached hydrogens (primary N) is 1. The molecule has 4 nitrogen and oxygen atoms in total. The second-order valence-corrected chi connectivity index (χ2v) is 4.85. The summed E-state index contributed by atoms with van der Waals surface area (Å²) < 4.78 is 4.79. The fraction of sp³-hybridized carbons (Fsp3) is 0.500. The van der Waals surface area contributed by atoms with E-state index >= 15 is 0 Å². The molecule has 1 aromatic rings. The maximum absolute atomic E-state index is 11.6. The molecule has 0 radical (unpaired) electrons. The first-order valence-corrected chi connectivity index (χ1v) is 6.23. The van der Waals surface area contributed by atoms with E-state index in [-0.39, 0.29) is 12.0 Å². The Morgan fingerprint density at radius 3 is 2.89 bits per heavy atom. The van der Waals surface area contributed by atoms with Crippen LogP contribution < -0.4 is 5.73 Å². The van der Waals surface area contributed by atoms with E-state index in [1.165, 1.54) is 18.2 Å². The minimum absolute atomic E-state index is 0.182. The lowest BCUT2D eigenvalue weighted by Crippen LogP contribution is -2.42. The number of nitrogens with zero attached hydrogens (tertiary/aromatic N) is 1. The highest BCUT2D eigenvalue weighted by Gasteiger charge is 2.26. The second kappa shape index (κ2) is 4.98. The summed E-state index contributed by atoms with van der Waals surface area (Å²) in [5.41, 5.74) is 10.6. The average molecular weight is 248 g/mol. The first-order chi connectivity index (χ1) is 8.54. The van der Waals surface area contributed by atoms with Crippen LogP contribution in [0.15, 0.2) is 12.1 Å². The molecule has 0 spiro atoms. The van der Waals surface area contributed by atoms with Crippen molar-refractivity contribution >= 4 is 11.7 Å². The van der Waals surface area contributed by atoms with Gasteiger partial charge in [0, 0.05) is 18.8 Å². The number of anilines is 1. The van der Waals surface area contributed by atoms with Gasteiger partial charge in [-0.2, -0.15) is 0 Å². The molecule has 1 aromatic carbocycles. The minimum Gasteiger partial charge on any atom is -0.468 e. The quantitative estimate of drug-likeness (QED) is 0.636. The van der Waals surface area contributed by atoms with Crippen LogP contribution in [0.1, 0.15) is 23.6 Å².